The third-order valence-electron chi connectivity index (χ3n) is 3.28. The van der Waals surface area contributed by atoms with Gasteiger partial charge in [0.25, 0.3) is 0 Å². The van der Waals surface area contributed by atoms with Gasteiger partial charge in [0.2, 0.25) is 0 Å². The highest BCUT2D eigenvalue weighted by Gasteiger charge is 2.10. The van der Waals surface area contributed by atoms with Crippen molar-refractivity contribution in [3.63, 3.8) is 0 Å². The van der Waals surface area contributed by atoms with Gasteiger partial charge in [-0.25, -0.2) is 0 Å². The van der Waals surface area contributed by atoms with Gasteiger partial charge in [0.05, 0.1) is 19.9 Å². The fraction of sp³-hybridized carbons (Fsp3) is 0.200. The molecule has 0 fully saturated rings. The van der Waals surface area contributed by atoms with Crippen molar-refractivity contribution in [3.05, 3.63) is 42.0 Å². The summed E-state index contributed by atoms with van der Waals surface area (Å²) in [7, 11) is 3.29. The SMILES string of the molecule is COc1ccc2nn(-c3cccc(OC)c3C)nc2c1. The van der Waals surface area contributed by atoms with Crippen molar-refractivity contribution >= 4 is 11.0 Å². The number of rotatable bonds is 3. The van der Waals surface area contributed by atoms with Gasteiger partial charge in [-0.05, 0) is 31.2 Å². The number of benzene rings is 2. The molecular formula is C15H15N3O2. The zero-order valence-corrected chi connectivity index (χ0v) is 11.6. The van der Waals surface area contributed by atoms with E-state index in [0.29, 0.717) is 0 Å². The van der Waals surface area contributed by atoms with E-state index in [2.05, 4.69) is 10.2 Å². The second-order valence-electron chi connectivity index (χ2n) is 4.45. The number of ether oxygens (including phenoxy) is 2. The van der Waals surface area contributed by atoms with Crippen LogP contribution in [0.25, 0.3) is 16.7 Å². The molecule has 1 heterocycles. The molecular weight excluding hydrogens is 254 g/mol. The highest BCUT2D eigenvalue weighted by Crippen LogP contribution is 2.24. The zero-order valence-electron chi connectivity index (χ0n) is 11.6. The molecule has 0 saturated carbocycles. The second-order valence-corrected chi connectivity index (χ2v) is 4.45. The first-order chi connectivity index (χ1) is 9.72. The summed E-state index contributed by atoms with van der Waals surface area (Å²) in [5.41, 5.74) is 3.53. The molecule has 0 bridgehead atoms. The summed E-state index contributed by atoms with van der Waals surface area (Å²) >= 11 is 0. The van der Waals surface area contributed by atoms with E-state index in [0.717, 1.165) is 33.8 Å². The van der Waals surface area contributed by atoms with E-state index >= 15 is 0 Å². The van der Waals surface area contributed by atoms with Crippen LogP contribution in [0, 0.1) is 6.92 Å². The largest absolute Gasteiger partial charge is 0.497 e. The molecule has 1 aromatic heterocycles. The Kier molecular flexibility index (Phi) is 3.02. The van der Waals surface area contributed by atoms with Crippen LogP contribution >= 0.6 is 0 Å². The first-order valence-corrected chi connectivity index (χ1v) is 6.28. The Bertz CT molecular complexity index is 765. The molecule has 0 aliphatic rings. The van der Waals surface area contributed by atoms with Gasteiger partial charge < -0.3 is 9.47 Å². The normalized spacial score (nSPS) is 10.8. The van der Waals surface area contributed by atoms with E-state index in [-0.39, 0.29) is 0 Å². The van der Waals surface area contributed by atoms with E-state index < -0.39 is 0 Å². The van der Waals surface area contributed by atoms with Gasteiger partial charge in [-0.1, -0.05) is 6.07 Å². The highest BCUT2D eigenvalue weighted by molar-refractivity contribution is 5.75. The molecule has 102 valence electrons. The molecule has 0 unspecified atom stereocenters. The van der Waals surface area contributed by atoms with E-state index in [1.807, 2.05) is 43.3 Å². The van der Waals surface area contributed by atoms with Crippen molar-refractivity contribution < 1.29 is 9.47 Å². The molecule has 0 radical (unpaired) electrons. The lowest BCUT2D eigenvalue weighted by Crippen LogP contribution is -2.02. The third-order valence-corrected chi connectivity index (χ3v) is 3.28. The Morgan fingerprint density at radius 3 is 2.50 bits per heavy atom. The molecule has 0 atom stereocenters. The van der Waals surface area contributed by atoms with Crippen LogP contribution < -0.4 is 9.47 Å². The van der Waals surface area contributed by atoms with Gasteiger partial charge >= 0.3 is 0 Å². The molecule has 0 N–H and O–H groups in total. The van der Waals surface area contributed by atoms with Gasteiger partial charge in [-0.2, -0.15) is 4.80 Å². The lowest BCUT2D eigenvalue weighted by atomic mass is 10.2. The van der Waals surface area contributed by atoms with Crippen molar-refractivity contribution in [3.8, 4) is 17.2 Å². The Morgan fingerprint density at radius 1 is 0.950 bits per heavy atom. The molecule has 5 heteroatoms. The van der Waals surface area contributed by atoms with Crippen LogP contribution in [0.4, 0.5) is 0 Å². The molecule has 2 aromatic carbocycles. The van der Waals surface area contributed by atoms with E-state index in [1.54, 1.807) is 19.0 Å². The molecule has 3 rings (SSSR count). The van der Waals surface area contributed by atoms with E-state index in [4.69, 9.17) is 9.47 Å². The summed E-state index contributed by atoms with van der Waals surface area (Å²) in [6, 6.07) is 11.5. The van der Waals surface area contributed by atoms with Crippen molar-refractivity contribution in [1.29, 1.82) is 0 Å². The molecule has 3 aromatic rings. The number of fused-ring (bicyclic) bond motifs is 1. The average Bonchev–Trinajstić information content (AvgIpc) is 2.89. The standard InChI is InChI=1S/C15H15N3O2/c1-10-14(5-4-6-15(10)20-3)18-16-12-8-7-11(19-2)9-13(12)17-18/h4-9H,1-3H3. The minimum atomic E-state index is 0.770. The Hall–Kier alpha value is -2.56. The topological polar surface area (TPSA) is 49.2 Å². The minimum Gasteiger partial charge on any atom is -0.497 e. The van der Waals surface area contributed by atoms with Crippen molar-refractivity contribution in [2.45, 2.75) is 6.92 Å². The van der Waals surface area contributed by atoms with E-state index in [1.165, 1.54) is 0 Å². The zero-order chi connectivity index (χ0) is 14.1. The smallest absolute Gasteiger partial charge is 0.123 e. The fourth-order valence-electron chi connectivity index (χ4n) is 2.17. The molecule has 20 heavy (non-hydrogen) atoms. The number of hydrogen-bond acceptors (Lipinski definition) is 4. The van der Waals surface area contributed by atoms with Gasteiger partial charge in [-0.15, -0.1) is 10.2 Å². The highest BCUT2D eigenvalue weighted by atomic mass is 16.5. The quantitative estimate of drug-likeness (QED) is 0.733. The van der Waals surface area contributed by atoms with Crippen LogP contribution in [0.5, 0.6) is 11.5 Å². The second kappa shape index (κ2) is 4.85. The maximum absolute atomic E-state index is 5.33. The first kappa shape index (κ1) is 12.5. The summed E-state index contributed by atoms with van der Waals surface area (Å²) in [5, 5.41) is 8.99. The van der Waals surface area contributed by atoms with Gasteiger partial charge in [0, 0.05) is 11.6 Å². The van der Waals surface area contributed by atoms with Gasteiger partial charge in [0.1, 0.15) is 22.5 Å². The average molecular weight is 269 g/mol. The first-order valence-electron chi connectivity index (χ1n) is 6.28. The lowest BCUT2D eigenvalue weighted by molar-refractivity contribution is 0.411. The monoisotopic (exact) mass is 269 g/mol. The van der Waals surface area contributed by atoms with Crippen LogP contribution in [-0.4, -0.2) is 29.2 Å². The Morgan fingerprint density at radius 2 is 1.75 bits per heavy atom. The summed E-state index contributed by atoms with van der Waals surface area (Å²) < 4.78 is 10.5. The van der Waals surface area contributed by atoms with Crippen molar-refractivity contribution in [1.82, 2.24) is 15.0 Å². The summed E-state index contributed by atoms with van der Waals surface area (Å²) in [6.45, 7) is 1.99. The van der Waals surface area contributed by atoms with E-state index in [9.17, 15) is 0 Å². The number of hydrogen-bond donors (Lipinski definition) is 0. The number of aromatic nitrogens is 3. The molecule has 0 aliphatic carbocycles. The summed E-state index contributed by atoms with van der Waals surface area (Å²) in [4.78, 5) is 1.63. The number of methoxy groups -OCH3 is 2. The minimum absolute atomic E-state index is 0.770. The molecule has 0 amide bonds. The summed E-state index contributed by atoms with van der Waals surface area (Å²) in [5.74, 6) is 1.59. The van der Waals surface area contributed by atoms with Crippen LogP contribution in [0.3, 0.4) is 0 Å². The number of nitrogens with zero attached hydrogens (tertiary/aromatic N) is 3. The van der Waals surface area contributed by atoms with Crippen LogP contribution in [0.15, 0.2) is 36.4 Å². The lowest BCUT2D eigenvalue weighted by Gasteiger charge is -2.08. The van der Waals surface area contributed by atoms with Crippen molar-refractivity contribution in [2.24, 2.45) is 0 Å². The van der Waals surface area contributed by atoms with Gasteiger partial charge in [0.15, 0.2) is 0 Å². The Labute approximate surface area is 116 Å². The predicted molar refractivity (Wildman–Crippen MR) is 76.7 cm³/mol. The predicted octanol–water partition coefficient (Wildman–Crippen LogP) is 2.75. The molecule has 0 spiro atoms. The van der Waals surface area contributed by atoms with Gasteiger partial charge in [-0.3, -0.25) is 0 Å². The fourth-order valence-corrected chi connectivity index (χ4v) is 2.17. The maximum atomic E-state index is 5.33. The molecule has 0 aliphatic heterocycles. The third kappa shape index (κ3) is 1.97. The molecule has 5 nitrogen and oxygen atoms in total. The summed E-state index contributed by atoms with van der Waals surface area (Å²) in [6.07, 6.45) is 0. The Balaban J connectivity index is 2.15. The van der Waals surface area contributed by atoms with Crippen LogP contribution in [-0.2, 0) is 0 Å². The molecule has 0 saturated heterocycles. The van der Waals surface area contributed by atoms with Crippen LogP contribution in [0.2, 0.25) is 0 Å². The van der Waals surface area contributed by atoms with Crippen molar-refractivity contribution in [2.75, 3.05) is 14.2 Å². The van der Waals surface area contributed by atoms with Crippen LogP contribution in [0.1, 0.15) is 5.56 Å². The maximum Gasteiger partial charge on any atom is 0.123 e.